The van der Waals surface area contributed by atoms with E-state index in [4.69, 9.17) is 4.42 Å². The fourth-order valence-electron chi connectivity index (χ4n) is 1.90. The van der Waals surface area contributed by atoms with Gasteiger partial charge in [-0.05, 0) is 13.8 Å². The van der Waals surface area contributed by atoms with Gasteiger partial charge in [0, 0.05) is 24.9 Å². The maximum absolute atomic E-state index is 12.3. The minimum Gasteiger partial charge on any atom is -0.465 e. The standard InChI is InChI=1S/C11H15N3O4S/c1-7-9(6-15)11(8(2)18-7)19(16,17)13-10-4-5-14(3)12-10/h4-5,15H,6H2,1-3H3,(H,12,13). The largest absolute Gasteiger partial charge is 0.465 e. The summed E-state index contributed by atoms with van der Waals surface area (Å²) in [6.07, 6.45) is 1.62. The zero-order valence-electron chi connectivity index (χ0n) is 10.8. The van der Waals surface area contributed by atoms with Gasteiger partial charge in [0.1, 0.15) is 16.4 Å². The van der Waals surface area contributed by atoms with Gasteiger partial charge in [0.15, 0.2) is 5.82 Å². The molecule has 2 rings (SSSR count). The normalized spacial score (nSPS) is 11.8. The Morgan fingerprint density at radius 1 is 1.42 bits per heavy atom. The zero-order valence-corrected chi connectivity index (χ0v) is 11.7. The van der Waals surface area contributed by atoms with Crippen LogP contribution >= 0.6 is 0 Å². The molecule has 0 spiro atoms. The van der Waals surface area contributed by atoms with Crippen molar-refractivity contribution in [3.8, 4) is 0 Å². The Morgan fingerprint density at radius 3 is 2.63 bits per heavy atom. The van der Waals surface area contributed by atoms with Crippen LogP contribution < -0.4 is 4.72 Å². The lowest BCUT2D eigenvalue weighted by molar-refractivity contribution is 0.276. The van der Waals surface area contributed by atoms with Crippen LogP contribution in [0.2, 0.25) is 0 Å². The first kappa shape index (κ1) is 13.6. The summed E-state index contributed by atoms with van der Waals surface area (Å²) in [5, 5.41) is 13.2. The number of nitrogens with zero attached hydrogens (tertiary/aromatic N) is 2. The Hall–Kier alpha value is -1.80. The van der Waals surface area contributed by atoms with Gasteiger partial charge in [-0.25, -0.2) is 8.42 Å². The molecule has 0 atom stereocenters. The fourth-order valence-corrected chi connectivity index (χ4v) is 3.34. The second kappa shape index (κ2) is 4.71. The van der Waals surface area contributed by atoms with Crippen LogP contribution in [0.15, 0.2) is 21.6 Å². The number of rotatable bonds is 4. The Bertz CT molecular complexity index is 700. The highest BCUT2D eigenvalue weighted by atomic mass is 32.2. The molecule has 7 nitrogen and oxygen atoms in total. The first-order valence-corrected chi connectivity index (χ1v) is 7.05. The van der Waals surface area contributed by atoms with E-state index < -0.39 is 16.6 Å². The number of sulfonamides is 1. The molecule has 2 N–H and O–H groups in total. The molecule has 0 fully saturated rings. The Labute approximate surface area is 110 Å². The molecule has 8 heteroatoms. The van der Waals surface area contributed by atoms with E-state index in [2.05, 4.69) is 9.82 Å². The van der Waals surface area contributed by atoms with Crippen molar-refractivity contribution in [1.29, 1.82) is 0 Å². The van der Waals surface area contributed by atoms with Gasteiger partial charge in [-0.3, -0.25) is 9.40 Å². The molecule has 19 heavy (non-hydrogen) atoms. The van der Waals surface area contributed by atoms with Gasteiger partial charge in [-0.1, -0.05) is 0 Å². The summed E-state index contributed by atoms with van der Waals surface area (Å²) in [4.78, 5) is -0.0295. The quantitative estimate of drug-likeness (QED) is 0.870. The number of furan rings is 1. The van der Waals surface area contributed by atoms with Crippen LogP contribution in [0.1, 0.15) is 17.1 Å². The van der Waals surface area contributed by atoms with E-state index in [0.717, 1.165) is 0 Å². The zero-order chi connectivity index (χ0) is 14.2. The van der Waals surface area contributed by atoms with Gasteiger partial charge in [0.25, 0.3) is 10.0 Å². The maximum Gasteiger partial charge on any atom is 0.266 e. The van der Waals surface area contributed by atoms with E-state index in [1.807, 2.05) is 0 Å². The highest BCUT2D eigenvalue weighted by molar-refractivity contribution is 7.92. The molecule has 0 radical (unpaired) electrons. The second-order valence-corrected chi connectivity index (χ2v) is 5.78. The lowest BCUT2D eigenvalue weighted by Gasteiger charge is -2.06. The first-order chi connectivity index (χ1) is 8.85. The summed E-state index contributed by atoms with van der Waals surface area (Å²) < 4.78 is 33.7. The third kappa shape index (κ3) is 2.49. The molecule has 0 unspecified atom stereocenters. The van der Waals surface area contributed by atoms with Crippen molar-refractivity contribution in [1.82, 2.24) is 9.78 Å². The summed E-state index contributed by atoms with van der Waals surface area (Å²) in [5.41, 5.74) is 0.265. The van der Waals surface area contributed by atoms with Crippen molar-refractivity contribution in [2.24, 2.45) is 7.05 Å². The molecule has 0 aromatic carbocycles. The van der Waals surface area contributed by atoms with Crippen molar-refractivity contribution >= 4 is 15.8 Å². The van der Waals surface area contributed by atoms with Crippen molar-refractivity contribution in [2.75, 3.05) is 4.72 Å². The average molecular weight is 285 g/mol. The molecule has 2 aromatic heterocycles. The van der Waals surface area contributed by atoms with E-state index in [9.17, 15) is 13.5 Å². The van der Waals surface area contributed by atoms with Gasteiger partial charge < -0.3 is 9.52 Å². The monoisotopic (exact) mass is 285 g/mol. The smallest absolute Gasteiger partial charge is 0.266 e. The molecule has 0 aliphatic heterocycles. The van der Waals surface area contributed by atoms with E-state index in [0.29, 0.717) is 5.76 Å². The molecule has 2 aromatic rings. The number of aliphatic hydroxyl groups is 1. The number of aromatic nitrogens is 2. The molecule has 2 heterocycles. The van der Waals surface area contributed by atoms with Crippen LogP contribution in [0.25, 0.3) is 0 Å². The van der Waals surface area contributed by atoms with Crippen molar-refractivity contribution in [3.05, 3.63) is 29.3 Å². The Morgan fingerprint density at radius 2 is 2.11 bits per heavy atom. The van der Waals surface area contributed by atoms with Crippen LogP contribution in [0.3, 0.4) is 0 Å². The van der Waals surface area contributed by atoms with Gasteiger partial charge in [-0.2, -0.15) is 5.10 Å². The lowest BCUT2D eigenvalue weighted by atomic mass is 10.2. The molecular formula is C11H15N3O4S. The van der Waals surface area contributed by atoms with E-state index in [-0.39, 0.29) is 22.0 Å². The van der Waals surface area contributed by atoms with Gasteiger partial charge in [-0.15, -0.1) is 0 Å². The van der Waals surface area contributed by atoms with E-state index >= 15 is 0 Å². The topological polar surface area (TPSA) is 97.4 Å². The molecule has 0 amide bonds. The highest BCUT2D eigenvalue weighted by Gasteiger charge is 2.27. The molecule has 0 bridgehead atoms. The maximum atomic E-state index is 12.3. The first-order valence-electron chi connectivity index (χ1n) is 5.57. The average Bonchev–Trinajstić information content (AvgIpc) is 2.81. The van der Waals surface area contributed by atoms with Crippen LogP contribution in [0, 0.1) is 13.8 Å². The molecule has 0 saturated carbocycles. The number of anilines is 1. The van der Waals surface area contributed by atoms with Gasteiger partial charge in [0.2, 0.25) is 0 Å². The number of nitrogens with one attached hydrogen (secondary N) is 1. The minimum absolute atomic E-state index is 0.0295. The van der Waals surface area contributed by atoms with Crippen molar-refractivity contribution in [3.63, 3.8) is 0 Å². The Balaban J connectivity index is 2.45. The third-order valence-electron chi connectivity index (χ3n) is 2.70. The molecule has 0 saturated heterocycles. The van der Waals surface area contributed by atoms with Crippen LogP contribution in [-0.2, 0) is 23.7 Å². The lowest BCUT2D eigenvalue weighted by Crippen LogP contribution is -2.15. The summed E-state index contributed by atoms with van der Waals surface area (Å²) >= 11 is 0. The molecule has 0 aliphatic carbocycles. The highest BCUT2D eigenvalue weighted by Crippen LogP contribution is 2.27. The summed E-state index contributed by atoms with van der Waals surface area (Å²) in [7, 11) is -2.15. The SMILES string of the molecule is Cc1oc(C)c(S(=O)(=O)Nc2ccn(C)n2)c1CO. The van der Waals surface area contributed by atoms with E-state index in [1.54, 1.807) is 33.2 Å². The molecule has 0 aliphatic rings. The van der Waals surface area contributed by atoms with Crippen molar-refractivity contribution < 1.29 is 17.9 Å². The van der Waals surface area contributed by atoms with Crippen molar-refractivity contribution in [2.45, 2.75) is 25.3 Å². The molecule has 104 valence electrons. The summed E-state index contributed by atoms with van der Waals surface area (Å²) in [6.45, 7) is 2.75. The summed E-state index contributed by atoms with van der Waals surface area (Å²) in [5.74, 6) is 0.844. The Kier molecular flexibility index (Phi) is 3.38. The molecular weight excluding hydrogens is 270 g/mol. The number of hydrogen-bond donors (Lipinski definition) is 2. The van der Waals surface area contributed by atoms with Crippen LogP contribution in [-0.4, -0.2) is 23.3 Å². The third-order valence-corrected chi connectivity index (χ3v) is 4.25. The predicted molar refractivity (Wildman–Crippen MR) is 68.1 cm³/mol. The fraction of sp³-hybridized carbons (Fsp3) is 0.364. The predicted octanol–water partition coefficient (Wildman–Crippen LogP) is 0.923. The summed E-state index contributed by atoms with van der Waals surface area (Å²) in [6, 6.07) is 1.54. The second-order valence-electron chi connectivity index (χ2n) is 4.16. The number of hydrogen-bond acceptors (Lipinski definition) is 5. The van der Waals surface area contributed by atoms with Gasteiger partial charge in [0.05, 0.1) is 6.61 Å². The van der Waals surface area contributed by atoms with Crippen LogP contribution in [0.5, 0.6) is 0 Å². The number of aryl methyl sites for hydroxylation is 3. The minimum atomic E-state index is -3.83. The van der Waals surface area contributed by atoms with Gasteiger partial charge >= 0.3 is 0 Å². The van der Waals surface area contributed by atoms with Crippen LogP contribution in [0.4, 0.5) is 5.82 Å². The number of aliphatic hydroxyl groups excluding tert-OH is 1. The van der Waals surface area contributed by atoms with E-state index in [1.165, 1.54) is 4.68 Å².